The van der Waals surface area contributed by atoms with E-state index in [1.807, 2.05) is 0 Å². The second-order valence-electron chi connectivity index (χ2n) is 6.74. The van der Waals surface area contributed by atoms with Crippen molar-refractivity contribution < 1.29 is 23.7 Å². The molecule has 1 aromatic heterocycles. The van der Waals surface area contributed by atoms with Crippen LogP contribution in [0.5, 0.6) is 5.75 Å². The Hall–Kier alpha value is -3.99. The summed E-state index contributed by atoms with van der Waals surface area (Å²) in [5, 5.41) is 13.5. The molecule has 1 N–H and O–H groups in total. The first-order valence-corrected chi connectivity index (χ1v) is 10.2. The number of non-ortho nitro benzene ring substituents is 1. The van der Waals surface area contributed by atoms with Crippen LogP contribution in [0.1, 0.15) is 12.0 Å². The molecule has 2 amide bonds. The molecule has 10 nitrogen and oxygen atoms in total. The predicted octanol–water partition coefficient (Wildman–Crippen LogP) is 3.13. The first kappa shape index (κ1) is 21.2. The number of methoxy groups -OCH3 is 1. The van der Waals surface area contributed by atoms with Crippen LogP contribution in [0.25, 0.3) is 11.0 Å². The highest BCUT2D eigenvalue weighted by Gasteiger charge is 2.33. The zero-order valence-electron chi connectivity index (χ0n) is 16.6. The smallest absolute Gasteiger partial charge is 0.346 e. The van der Waals surface area contributed by atoms with Crippen LogP contribution in [0.3, 0.4) is 0 Å². The lowest BCUT2D eigenvalue weighted by Crippen LogP contribution is -2.22. The fraction of sp³-hybridized carbons (Fsp3) is 0.143. The first-order chi connectivity index (χ1) is 15.4. The third kappa shape index (κ3) is 4.23. The summed E-state index contributed by atoms with van der Waals surface area (Å²) < 4.78 is 10.4. The van der Waals surface area contributed by atoms with Crippen molar-refractivity contribution in [3.63, 3.8) is 0 Å². The van der Waals surface area contributed by atoms with Crippen LogP contribution in [0.15, 0.2) is 62.7 Å². The number of rotatable bonds is 6. The lowest BCUT2D eigenvalue weighted by atomic mass is 10.2. The van der Waals surface area contributed by atoms with Crippen LogP contribution in [0, 0.1) is 10.1 Å². The van der Waals surface area contributed by atoms with Crippen LogP contribution >= 0.6 is 11.8 Å². The van der Waals surface area contributed by atoms with Gasteiger partial charge in [0.15, 0.2) is 0 Å². The zero-order chi connectivity index (χ0) is 22.8. The minimum absolute atomic E-state index is 0.110. The Labute approximate surface area is 184 Å². The number of carbonyl (C=O) groups excluding carboxylic acids is 2. The maximum Gasteiger partial charge on any atom is 0.346 e. The van der Waals surface area contributed by atoms with Gasteiger partial charge >= 0.3 is 5.63 Å². The largest absolute Gasteiger partial charge is 0.495 e. The molecule has 0 saturated heterocycles. The van der Waals surface area contributed by atoms with Gasteiger partial charge in [0.1, 0.15) is 21.6 Å². The van der Waals surface area contributed by atoms with Gasteiger partial charge in [0.05, 0.1) is 23.3 Å². The third-order valence-electron chi connectivity index (χ3n) is 4.65. The number of nitro benzene ring substituents is 1. The number of carbonyl (C=O) groups is 2. The summed E-state index contributed by atoms with van der Waals surface area (Å²) in [6.45, 7) is 0. The molecule has 0 spiro atoms. The van der Waals surface area contributed by atoms with Crippen LogP contribution in [-0.4, -0.2) is 34.1 Å². The summed E-state index contributed by atoms with van der Waals surface area (Å²) in [6.07, 6.45) is -0.249. The van der Waals surface area contributed by atoms with Crippen LogP contribution in [0.2, 0.25) is 0 Å². The van der Waals surface area contributed by atoms with Crippen molar-refractivity contribution in [2.75, 3.05) is 12.4 Å². The molecule has 3 aromatic rings. The van der Waals surface area contributed by atoms with Gasteiger partial charge in [-0.15, -0.1) is 0 Å². The Morgan fingerprint density at radius 2 is 2.03 bits per heavy atom. The van der Waals surface area contributed by atoms with Crippen LogP contribution < -0.4 is 15.7 Å². The molecule has 0 radical (unpaired) electrons. The summed E-state index contributed by atoms with van der Waals surface area (Å²) in [5.74, 6) is -0.879. The summed E-state index contributed by atoms with van der Waals surface area (Å²) in [5.41, 5.74) is -0.183. The van der Waals surface area contributed by atoms with E-state index in [1.54, 1.807) is 30.3 Å². The van der Waals surface area contributed by atoms with E-state index in [4.69, 9.17) is 9.15 Å². The van der Waals surface area contributed by atoms with Gasteiger partial charge in [-0.05, 0) is 18.2 Å². The molecular weight excluding hydrogens is 438 g/mol. The van der Waals surface area contributed by atoms with Gasteiger partial charge < -0.3 is 14.5 Å². The average Bonchev–Trinajstić information content (AvgIpc) is 3.12. The minimum Gasteiger partial charge on any atom is -0.495 e. The summed E-state index contributed by atoms with van der Waals surface area (Å²) in [4.78, 5) is 51.5. The number of aliphatic imine (C=N–C) groups is 1. The third-order valence-corrected chi connectivity index (χ3v) is 5.84. The molecule has 1 aliphatic heterocycles. The Kier molecular flexibility index (Phi) is 5.73. The van der Waals surface area contributed by atoms with Gasteiger partial charge in [-0.25, -0.2) is 9.79 Å². The van der Waals surface area contributed by atoms with E-state index in [1.165, 1.54) is 25.3 Å². The molecule has 1 atom stereocenters. The number of hydrogen-bond donors (Lipinski definition) is 1. The monoisotopic (exact) mass is 453 g/mol. The fourth-order valence-electron chi connectivity index (χ4n) is 3.12. The van der Waals surface area contributed by atoms with Crippen molar-refractivity contribution in [2.45, 2.75) is 11.7 Å². The summed E-state index contributed by atoms with van der Waals surface area (Å²) in [7, 11) is 1.36. The maximum atomic E-state index is 12.5. The van der Waals surface area contributed by atoms with Crippen molar-refractivity contribution in [1.29, 1.82) is 0 Å². The number of fused-ring (bicyclic) bond motifs is 1. The molecular formula is C21H15N3O7S. The van der Waals surface area contributed by atoms with E-state index in [-0.39, 0.29) is 34.2 Å². The molecule has 0 aliphatic carbocycles. The Bertz CT molecular complexity index is 1350. The average molecular weight is 453 g/mol. The van der Waals surface area contributed by atoms with Gasteiger partial charge in [0.2, 0.25) is 5.91 Å². The Morgan fingerprint density at radius 3 is 2.78 bits per heavy atom. The standard InChI is InChI=1S/C21H15N3O7S/c1-30-16-7-6-12(24(28)29)9-14(16)22-18(25)10-17-19(26)23-20(32-17)13-8-11-4-2-3-5-15(11)31-21(13)27/h2-9,17H,10H2,1H3,(H,22,25). The van der Waals surface area contributed by atoms with Crippen molar-refractivity contribution in [3.8, 4) is 5.75 Å². The molecule has 4 rings (SSSR count). The topological polar surface area (TPSA) is 141 Å². The van der Waals surface area contributed by atoms with E-state index in [0.717, 1.165) is 11.8 Å². The van der Waals surface area contributed by atoms with Crippen molar-refractivity contribution in [2.24, 2.45) is 4.99 Å². The quantitative estimate of drug-likeness (QED) is 0.341. The molecule has 0 saturated carbocycles. The minimum atomic E-state index is -0.847. The van der Waals surface area contributed by atoms with Gasteiger partial charge in [0.25, 0.3) is 11.6 Å². The number of nitrogens with one attached hydrogen (secondary N) is 1. The van der Waals surface area contributed by atoms with Gasteiger partial charge in [0, 0.05) is 23.9 Å². The number of ether oxygens (including phenoxy) is 1. The number of para-hydroxylation sites is 1. The molecule has 2 aromatic carbocycles. The highest BCUT2D eigenvalue weighted by Crippen LogP contribution is 2.32. The fourth-order valence-corrected chi connectivity index (χ4v) is 4.19. The molecule has 0 bridgehead atoms. The number of hydrogen-bond acceptors (Lipinski definition) is 8. The molecule has 32 heavy (non-hydrogen) atoms. The maximum absolute atomic E-state index is 12.5. The molecule has 0 fully saturated rings. The Morgan fingerprint density at radius 1 is 1.25 bits per heavy atom. The van der Waals surface area contributed by atoms with Crippen LogP contribution in [-0.2, 0) is 9.59 Å². The number of benzene rings is 2. The van der Waals surface area contributed by atoms with Crippen molar-refractivity contribution in [1.82, 2.24) is 0 Å². The molecule has 2 heterocycles. The number of amides is 2. The lowest BCUT2D eigenvalue weighted by Gasteiger charge is -2.11. The van der Waals surface area contributed by atoms with E-state index >= 15 is 0 Å². The second-order valence-corrected chi connectivity index (χ2v) is 7.93. The normalized spacial score (nSPS) is 15.5. The highest BCUT2D eigenvalue weighted by molar-refractivity contribution is 8.16. The lowest BCUT2D eigenvalue weighted by molar-refractivity contribution is -0.384. The zero-order valence-corrected chi connectivity index (χ0v) is 17.4. The van der Waals surface area contributed by atoms with E-state index < -0.39 is 27.6 Å². The molecule has 162 valence electrons. The van der Waals surface area contributed by atoms with Gasteiger partial charge in [-0.2, -0.15) is 0 Å². The van der Waals surface area contributed by atoms with Crippen molar-refractivity contribution >= 4 is 51.0 Å². The molecule has 11 heteroatoms. The number of anilines is 1. The molecule has 1 aliphatic rings. The van der Waals surface area contributed by atoms with Crippen LogP contribution in [0.4, 0.5) is 11.4 Å². The summed E-state index contributed by atoms with van der Waals surface area (Å²) in [6, 6.07) is 12.3. The summed E-state index contributed by atoms with van der Waals surface area (Å²) >= 11 is 0.992. The predicted molar refractivity (Wildman–Crippen MR) is 118 cm³/mol. The van der Waals surface area contributed by atoms with Crippen molar-refractivity contribution in [3.05, 3.63) is 74.6 Å². The van der Waals surface area contributed by atoms with Gasteiger partial charge in [-0.1, -0.05) is 30.0 Å². The second kappa shape index (κ2) is 8.63. The first-order valence-electron chi connectivity index (χ1n) is 9.30. The van der Waals surface area contributed by atoms with E-state index in [9.17, 15) is 24.5 Å². The number of thioether (sulfide) groups is 1. The van der Waals surface area contributed by atoms with E-state index in [0.29, 0.717) is 11.0 Å². The Balaban J connectivity index is 1.49. The van der Waals surface area contributed by atoms with E-state index in [2.05, 4.69) is 10.3 Å². The van der Waals surface area contributed by atoms with Gasteiger partial charge in [-0.3, -0.25) is 19.7 Å². The SMILES string of the molecule is COc1ccc([N+](=O)[O-])cc1NC(=O)CC1SC(c2cc3ccccc3oc2=O)=NC1=O. The number of nitrogens with zero attached hydrogens (tertiary/aromatic N) is 2. The molecule has 1 unspecified atom stereocenters. The number of nitro groups is 1. The highest BCUT2D eigenvalue weighted by atomic mass is 32.2.